The van der Waals surface area contributed by atoms with E-state index in [1.54, 1.807) is 11.5 Å². The first-order valence-electron chi connectivity index (χ1n) is 11.3. The molecule has 1 saturated heterocycles. The van der Waals surface area contributed by atoms with Gasteiger partial charge in [0, 0.05) is 11.1 Å². The number of hydrogen-bond acceptors (Lipinski definition) is 12. The monoisotopic (exact) mass is 577 g/mol. The summed E-state index contributed by atoms with van der Waals surface area (Å²) in [5, 5.41) is 7.76. The third-order valence-electron chi connectivity index (χ3n) is 5.01. The van der Waals surface area contributed by atoms with E-state index in [4.69, 9.17) is 24.8 Å². The fourth-order valence-electron chi connectivity index (χ4n) is 3.36. The number of esters is 1. The summed E-state index contributed by atoms with van der Waals surface area (Å²) in [4.78, 5) is 49.0. The Morgan fingerprint density at radius 2 is 1.89 bits per heavy atom. The minimum absolute atomic E-state index is 0. The van der Waals surface area contributed by atoms with Gasteiger partial charge in [-0.15, -0.1) is 35.5 Å². The van der Waals surface area contributed by atoms with E-state index in [1.165, 1.54) is 23.8 Å². The summed E-state index contributed by atoms with van der Waals surface area (Å²) in [6.07, 6.45) is 0.905. The molecule has 0 spiro atoms. The molecule has 0 bridgehead atoms. The number of amides is 2. The van der Waals surface area contributed by atoms with Gasteiger partial charge in [-0.3, -0.25) is 14.5 Å². The summed E-state index contributed by atoms with van der Waals surface area (Å²) in [6, 6.07) is -0.860. The van der Waals surface area contributed by atoms with Crippen LogP contribution in [0.25, 0.3) is 0 Å². The van der Waals surface area contributed by atoms with Crippen LogP contribution in [0.5, 0.6) is 0 Å². The summed E-state index contributed by atoms with van der Waals surface area (Å²) in [5.41, 5.74) is 5.92. The minimum atomic E-state index is -0.860. The summed E-state index contributed by atoms with van der Waals surface area (Å²) < 4.78 is 16.8. The lowest BCUT2D eigenvalue weighted by Gasteiger charge is -2.48. The van der Waals surface area contributed by atoms with E-state index in [0.717, 1.165) is 11.3 Å². The van der Waals surface area contributed by atoms with Crippen molar-refractivity contribution >= 4 is 64.1 Å². The molecule has 2 aliphatic heterocycles. The van der Waals surface area contributed by atoms with Crippen molar-refractivity contribution < 1.29 is 33.4 Å². The van der Waals surface area contributed by atoms with E-state index < -0.39 is 35.3 Å². The SMILES string of the molecule is CO/N=C(\C(=O)NC1C(=O)N2C(C(=O)OC(COC(C)C)COC(C)C)=CCS[C@H]12)c1csc(N)n1.Cl. The van der Waals surface area contributed by atoms with Crippen LogP contribution in [0.2, 0.25) is 0 Å². The molecule has 1 unspecified atom stereocenters. The number of hydrogen-bond donors (Lipinski definition) is 2. The Morgan fingerprint density at radius 3 is 2.43 bits per heavy atom. The molecule has 15 heteroatoms. The Hall–Kier alpha value is -2.39. The molecule has 1 fully saturated rings. The van der Waals surface area contributed by atoms with Crippen LogP contribution >= 0.6 is 35.5 Å². The van der Waals surface area contributed by atoms with Crippen LogP contribution in [-0.2, 0) is 33.4 Å². The third-order valence-corrected chi connectivity index (χ3v) is 6.87. The Bertz CT molecular complexity index is 1020. The number of oxime groups is 1. The number of thiazole rings is 1. The highest BCUT2D eigenvalue weighted by atomic mass is 35.5. The molecular weight excluding hydrogens is 546 g/mol. The van der Waals surface area contributed by atoms with E-state index in [-0.39, 0.29) is 60.1 Å². The molecule has 1 aromatic rings. The Labute approximate surface area is 229 Å². The molecule has 0 aliphatic carbocycles. The maximum atomic E-state index is 13.0. The minimum Gasteiger partial charge on any atom is -0.453 e. The molecular formula is C22H32ClN5O7S2. The van der Waals surface area contributed by atoms with Gasteiger partial charge >= 0.3 is 5.97 Å². The largest absolute Gasteiger partial charge is 0.453 e. The van der Waals surface area contributed by atoms with Crippen LogP contribution in [0.1, 0.15) is 33.4 Å². The summed E-state index contributed by atoms with van der Waals surface area (Å²) in [5.74, 6) is -1.27. The fraction of sp³-hybridized carbons (Fsp3) is 0.591. The number of rotatable bonds is 12. The van der Waals surface area contributed by atoms with Gasteiger partial charge in [0.1, 0.15) is 36.0 Å². The molecule has 2 atom stereocenters. The highest BCUT2D eigenvalue weighted by Crippen LogP contribution is 2.38. The van der Waals surface area contributed by atoms with Crippen LogP contribution in [0.15, 0.2) is 22.3 Å². The van der Waals surface area contributed by atoms with E-state index >= 15 is 0 Å². The number of nitrogens with two attached hydrogens (primary N) is 1. The van der Waals surface area contributed by atoms with Gasteiger partial charge in [-0.2, -0.15) is 0 Å². The van der Waals surface area contributed by atoms with E-state index in [1.807, 2.05) is 27.7 Å². The number of fused-ring (bicyclic) bond motifs is 1. The lowest BCUT2D eigenvalue weighted by molar-refractivity contribution is -0.161. The maximum Gasteiger partial charge on any atom is 0.355 e. The molecule has 3 N–H and O–H groups in total. The zero-order valence-corrected chi connectivity index (χ0v) is 23.6. The predicted molar refractivity (Wildman–Crippen MR) is 142 cm³/mol. The van der Waals surface area contributed by atoms with Crippen LogP contribution in [0.4, 0.5) is 5.13 Å². The van der Waals surface area contributed by atoms with Crippen LogP contribution in [0, 0.1) is 0 Å². The second-order valence-corrected chi connectivity index (χ2v) is 10.5. The molecule has 37 heavy (non-hydrogen) atoms. The average molecular weight is 578 g/mol. The molecule has 0 aromatic carbocycles. The second-order valence-electron chi connectivity index (χ2n) is 8.46. The highest BCUT2D eigenvalue weighted by molar-refractivity contribution is 8.00. The van der Waals surface area contributed by atoms with E-state index in [2.05, 4.69) is 15.5 Å². The van der Waals surface area contributed by atoms with Gasteiger partial charge in [0.25, 0.3) is 11.8 Å². The second kappa shape index (κ2) is 14.0. The molecule has 206 valence electrons. The van der Waals surface area contributed by atoms with Gasteiger partial charge in [-0.05, 0) is 33.8 Å². The number of nitrogens with zero attached hydrogens (tertiary/aromatic N) is 3. The zero-order valence-electron chi connectivity index (χ0n) is 21.2. The first kappa shape index (κ1) is 30.8. The van der Waals surface area contributed by atoms with Crippen molar-refractivity contribution in [3.63, 3.8) is 0 Å². The van der Waals surface area contributed by atoms with Crippen LogP contribution < -0.4 is 11.1 Å². The molecule has 3 rings (SSSR count). The van der Waals surface area contributed by atoms with Gasteiger partial charge in [-0.1, -0.05) is 5.16 Å². The lowest BCUT2D eigenvalue weighted by Crippen LogP contribution is -2.70. The molecule has 3 heterocycles. The number of anilines is 1. The maximum absolute atomic E-state index is 13.0. The van der Waals surface area contributed by atoms with Crippen molar-refractivity contribution in [2.75, 3.05) is 31.8 Å². The number of carbonyl (C=O) groups excluding carboxylic acids is 3. The fourth-order valence-corrected chi connectivity index (χ4v) is 5.10. The third kappa shape index (κ3) is 7.80. The van der Waals surface area contributed by atoms with Gasteiger partial charge in [0.05, 0.1) is 25.4 Å². The van der Waals surface area contributed by atoms with Crippen molar-refractivity contribution in [2.45, 2.75) is 57.4 Å². The number of ether oxygens (including phenoxy) is 3. The molecule has 12 nitrogen and oxygen atoms in total. The Kier molecular flexibility index (Phi) is 11.6. The van der Waals surface area contributed by atoms with E-state index in [0.29, 0.717) is 5.75 Å². The number of aromatic nitrogens is 1. The quantitative estimate of drug-likeness (QED) is 0.162. The van der Waals surface area contributed by atoms with Crippen molar-refractivity contribution in [2.24, 2.45) is 5.16 Å². The van der Waals surface area contributed by atoms with Crippen molar-refractivity contribution in [3.8, 4) is 0 Å². The smallest absolute Gasteiger partial charge is 0.355 e. The Morgan fingerprint density at radius 1 is 1.24 bits per heavy atom. The number of halogens is 1. The molecule has 0 saturated carbocycles. The number of β-lactam (4-membered cyclic amide) rings is 1. The number of nitrogens with one attached hydrogen (secondary N) is 1. The Balaban J connectivity index is 0.00000481. The number of thioether (sulfide) groups is 1. The molecule has 2 aliphatic rings. The number of carbonyl (C=O) groups is 3. The normalized spacial score (nSPS) is 19.2. The van der Waals surface area contributed by atoms with Gasteiger partial charge in [0.2, 0.25) is 0 Å². The summed E-state index contributed by atoms with van der Waals surface area (Å²) in [6.45, 7) is 7.85. The van der Waals surface area contributed by atoms with Gasteiger partial charge < -0.3 is 30.1 Å². The van der Waals surface area contributed by atoms with Crippen molar-refractivity contribution in [1.29, 1.82) is 0 Å². The molecule has 1 aromatic heterocycles. The highest BCUT2D eigenvalue weighted by Gasteiger charge is 2.53. The van der Waals surface area contributed by atoms with Crippen molar-refractivity contribution in [3.05, 3.63) is 22.8 Å². The summed E-state index contributed by atoms with van der Waals surface area (Å²) in [7, 11) is 1.30. The number of nitrogen functional groups attached to an aromatic ring is 1. The zero-order chi connectivity index (χ0) is 26.4. The van der Waals surface area contributed by atoms with E-state index in [9.17, 15) is 14.4 Å². The standard InChI is InChI=1S/C22H31N5O7S2.ClH/c1-11(2)32-8-13(9-33-12(3)4)34-21(30)15-6-7-35-20-17(19(29)27(15)20)25-18(28)16(26-31-5)14-10-36-22(23)24-14;/h6,10-13,17,20H,7-9H2,1-5H3,(H2,23,24)(H,25,28);1H/b26-16-;/t17?,20-;/m1./s1. The lowest BCUT2D eigenvalue weighted by atomic mass is 10.0. The van der Waals surface area contributed by atoms with Crippen molar-refractivity contribution in [1.82, 2.24) is 15.2 Å². The molecule has 0 radical (unpaired) electrons. The van der Waals surface area contributed by atoms with Crippen LogP contribution in [0.3, 0.4) is 0 Å². The molecule has 2 amide bonds. The topological polar surface area (TPSA) is 155 Å². The first-order chi connectivity index (χ1) is 17.1. The van der Waals surface area contributed by atoms with Gasteiger partial charge in [0.15, 0.2) is 10.8 Å². The predicted octanol–water partition coefficient (Wildman–Crippen LogP) is 1.54. The van der Waals surface area contributed by atoms with Crippen LogP contribution in [-0.4, -0.2) is 89.2 Å². The summed E-state index contributed by atoms with van der Waals surface area (Å²) >= 11 is 2.56. The average Bonchev–Trinajstić information content (AvgIpc) is 3.27. The van der Waals surface area contributed by atoms with Gasteiger partial charge in [-0.25, -0.2) is 9.78 Å². The first-order valence-corrected chi connectivity index (χ1v) is 13.3.